The molecule has 1 N–H and O–H groups in total. The smallest absolute Gasteiger partial charge is 0.130 e. The highest BCUT2D eigenvalue weighted by Crippen LogP contribution is 2.15. The van der Waals surface area contributed by atoms with Gasteiger partial charge < -0.3 is 10.1 Å². The molecule has 4 nitrogen and oxygen atoms in total. The number of nitriles is 1. The predicted octanol–water partition coefficient (Wildman–Crippen LogP) is 2.96. The Bertz CT molecular complexity index is 590. The molecule has 0 saturated carbocycles. The molecule has 0 bridgehead atoms. The fraction of sp³-hybridized carbons (Fsp3) is 0.200. The minimum atomic E-state index is 0.383. The molecule has 0 saturated heterocycles. The number of aromatic nitrogens is 1. The summed E-state index contributed by atoms with van der Waals surface area (Å²) in [4.78, 5) is 4.25. The van der Waals surface area contributed by atoms with Gasteiger partial charge in [0.15, 0.2) is 0 Å². The van der Waals surface area contributed by atoms with Crippen molar-refractivity contribution < 1.29 is 4.74 Å². The van der Waals surface area contributed by atoms with Crippen LogP contribution in [-0.4, -0.2) is 11.5 Å². The summed E-state index contributed by atoms with van der Waals surface area (Å²) in [5.41, 5.74) is 2.47. The summed E-state index contributed by atoms with van der Waals surface area (Å²) in [6, 6.07) is 13.1. The minimum Gasteiger partial charge on any atom is -0.487 e. The van der Waals surface area contributed by atoms with Crippen molar-refractivity contribution in [3.05, 3.63) is 53.9 Å². The van der Waals surface area contributed by atoms with Gasteiger partial charge in [0.2, 0.25) is 0 Å². The highest BCUT2D eigenvalue weighted by Gasteiger charge is 2.00. The summed E-state index contributed by atoms with van der Waals surface area (Å²) >= 11 is 0. The van der Waals surface area contributed by atoms with E-state index in [1.165, 1.54) is 0 Å². The zero-order valence-corrected chi connectivity index (χ0v) is 10.8. The maximum Gasteiger partial charge on any atom is 0.130 e. The average Bonchev–Trinajstić information content (AvgIpc) is 2.46. The van der Waals surface area contributed by atoms with Gasteiger partial charge in [0, 0.05) is 18.4 Å². The molecule has 1 aromatic carbocycles. The first-order valence-electron chi connectivity index (χ1n) is 6.13. The summed E-state index contributed by atoms with van der Waals surface area (Å²) < 4.78 is 5.63. The third-order valence-corrected chi connectivity index (χ3v) is 2.55. The van der Waals surface area contributed by atoms with Crippen LogP contribution in [0.15, 0.2) is 42.6 Å². The summed E-state index contributed by atoms with van der Waals surface area (Å²) in [7, 11) is 0. The number of nitrogens with zero attached hydrogens (tertiary/aromatic N) is 2. The highest BCUT2D eigenvalue weighted by molar-refractivity contribution is 5.43. The monoisotopic (exact) mass is 253 g/mol. The SMILES string of the molecule is CCNc1ccnc(COc2cccc(C#N)c2)c1. The van der Waals surface area contributed by atoms with E-state index in [1.54, 1.807) is 24.4 Å². The Kier molecular flexibility index (Phi) is 4.35. The molecule has 2 rings (SSSR count). The molecule has 1 aromatic heterocycles. The Morgan fingerprint density at radius 3 is 3.00 bits per heavy atom. The van der Waals surface area contributed by atoms with Crippen LogP contribution in [0, 0.1) is 11.3 Å². The van der Waals surface area contributed by atoms with Gasteiger partial charge in [-0.3, -0.25) is 4.98 Å². The van der Waals surface area contributed by atoms with Crippen LogP contribution in [0.5, 0.6) is 5.75 Å². The lowest BCUT2D eigenvalue weighted by atomic mass is 10.2. The Balaban J connectivity index is 2.01. The molecule has 0 atom stereocenters. The molecule has 0 radical (unpaired) electrons. The van der Waals surface area contributed by atoms with Gasteiger partial charge >= 0.3 is 0 Å². The van der Waals surface area contributed by atoms with Crippen molar-refractivity contribution in [2.24, 2.45) is 0 Å². The van der Waals surface area contributed by atoms with E-state index < -0.39 is 0 Å². The Labute approximate surface area is 112 Å². The first-order valence-corrected chi connectivity index (χ1v) is 6.13. The number of ether oxygens (including phenoxy) is 1. The molecule has 19 heavy (non-hydrogen) atoms. The van der Waals surface area contributed by atoms with Crippen molar-refractivity contribution in [1.82, 2.24) is 4.98 Å². The van der Waals surface area contributed by atoms with Crippen molar-refractivity contribution in [2.45, 2.75) is 13.5 Å². The molecular formula is C15H15N3O. The molecule has 0 amide bonds. The maximum absolute atomic E-state index is 8.82. The second kappa shape index (κ2) is 6.41. The first-order chi connectivity index (χ1) is 9.31. The van der Waals surface area contributed by atoms with Crippen molar-refractivity contribution in [2.75, 3.05) is 11.9 Å². The normalized spacial score (nSPS) is 9.68. The lowest BCUT2D eigenvalue weighted by Crippen LogP contribution is -2.01. The van der Waals surface area contributed by atoms with Crippen LogP contribution in [0.25, 0.3) is 0 Å². The van der Waals surface area contributed by atoms with E-state index in [2.05, 4.69) is 16.4 Å². The minimum absolute atomic E-state index is 0.383. The van der Waals surface area contributed by atoms with E-state index in [4.69, 9.17) is 10.00 Å². The Morgan fingerprint density at radius 1 is 1.32 bits per heavy atom. The zero-order chi connectivity index (χ0) is 13.5. The van der Waals surface area contributed by atoms with Crippen molar-refractivity contribution in [3.63, 3.8) is 0 Å². The number of nitrogens with one attached hydrogen (secondary N) is 1. The highest BCUT2D eigenvalue weighted by atomic mass is 16.5. The quantitative estimate of drug-likeness (QED) is 0.890. The molecule has 0 aliphatic carbocycles. The van der Waals surface area contributed by atoms with Gasteiger partial charge in [-0.2, -0.15) is 5.26 Å². The Morgan fingerprint density at radius 2 is 2.21 bits per heavy atom. The van der Waals surface area contributed by atoms with Crippen LogP contribution in [0.3, 0.4) is 0 Å². The van der Waals surface area contributed by atoms with Gasteiger partial charge in [-0.05, 0) is 37.3 Å². The van der Waals surface area contributed by atoms with Crippen LogP contribution >= 0.6 is 0 Å². The van der Waals surface area contributed by atoms with Gasteiger partial charge in [-0.1, -0.05) is 6.07 Å². The van der Waals surface area contributed by atoms with E-state index in [0.29, 0.717) is 17.9 Å². The molecule has 2 aromatic rings. The molecule has 1 heterocycles. The topological polar surface area (TPSA) is 57.9 Å². The van der Waals surface area contributed by atoms with Crippen LogP contribution in [-0.2, 0) is 6.61 Å². The number of hydrogen-bond acceptors (Lipinski definition) is 4. The van der Waals surface area contributed by atoms with Crippen molar-refractivity contribution in [3.8, 4) is 11.8 Å². The van der Waals surface area contributed by atoms with Gasteiger partial charge in [0.25, 0.3) is 0 Å². The van der Waals surface area contributed by atoms with E-state index in [9.17, 15) is 0 Å². The third kappa shape index (κ3) is 3.71. The largest absolute Gasteiger partial charge is 0.487 e. The molecule has 0 fully saturated rings. The number of pyridine rings is 1. The van der Waals surface area contributed by atoms with E-state index in [-0.39, 0.29) is 0 Å². The average molecular weight is 253 g/mol. The third-order valence-electron chi connectivity index (χ3n) is 2.55. The standard InChI is InChI=1S/C15H15N3O/c1-2-17-13-6-7-18-14(9-13)11-19-15-5-3-4-12(8-15)10-16/h3-9H,2,11H2,1H3,(H,17,18). The number of benzene rings is 1. The summed E-state index contributed by atoms with van der Waals surface area (Å²) in [5, 5.41) is 12.0. The number of anilines is 1. The van der Waals surface area contributed by atoms with Crippen molar-refractivity contribution in [1.29, 1.82) is 5.26 Å². The van der Waals surface area contributed by atoms with Gasteiger partial charge in [0.1, 0.15) is 12.4 Å². The number of hydrogen-bond donors (Lipinski definition) is 1. The molecule has 96 valence electrons. The molecule has 0 unspecified atom stereocenters. The van der Waals surface area contributed by atoms with Gasteiger partial charge in [-0.15, -0.1) is 0 Å². The van der Waals surface area contributed by atoms with E-state index in [1.807, 2.05) is 25.1 Å². The lowest BCUT2D eigenvalue weighted by molar-refractivity contribution is 0.301. The first kappa shape index (κ1) is 12.9. The zero-order valence-electron chi connectivity index (χ0n) is 10.8. The maximum atomic E-state index is 8.82. The van der Waals surface area contributed by atoms with Gasteiger partial charge in [-0.25, -0.2) is 0 Å². The van der Waals surface area contributed by atoms with E-state index >= 15 is 0 Å². The fourth-order valence-electron chi connectivity index (χ4n) is 1.68. The van der Waals surface area contributed by atoms with Crippen LogP contribution in [0.2, 0.25) is 0 Å². The lowest BCUT2D eigenvalue weighted by Gasteiger charge is -2.08. The molecule has 4 heteroatoms. The Hall–Kier alpha value is -2.54. The second-order valence-corrected chi connectivity index (χ2v) is 3.99. The fourth-order valence-corrected chi connectivity index (χ4v) is 1.68. The molecular weight excluding hydrogens is 238 g/mol. The van der Waals surface area contributed by atoms with Crippen LogP contribution in [0.1, 0.15) is 18.2 Å². The van der Waals surface area contributed by atoms with Crippen LogP contribution < -0.4 is 10.1 Å². The van der Waals surface area contributed by atoms with Gasteiger partial charge in [0.05, 0.1) is 17.3 Å². The molecule has 0 spiro atoms. The predicted molar refractivity (Wildman–Crippen MR) is 73.9 cm³/mol. The summed E-state index contributed by atoms with van der Waals surface area (Å²) in [6.45, 7) is 3.30. The molecule has 0 aliphatic rings. The van der Waals surface area contributed by atoms with E-state index in [0.717, 1.165) is 17.9 Å². The van der Waals surface area contributed by atoms with Crippen molar-refractivity contribution >= 4 is 5.69 Å². The molecule has 0 aliphatic heterocycles. The number of rotatable bonds is 5. The summed E-state index contributed by atoms with van der Waals surface area (Å²) in [5.74, 6) is 0.676. The van der Waals surface area contributed by atoms with Crippen LogP contribution in [0.4, 0.5) is 5.69 Å². The summed E-state index contributed by atoms with van der Waals surface area (Å²) in [6.07, 6.45) is 1.75. The second-order valence-electron chi connectivity index (χ2n) is 3.99.